The van der Waals surface area contributed by atoms with Crippen molar-refractivity contribution in [2.24, 2.45) is 28.0 Å². The van der Waals surface area contributed by atoms with E-state index in [2.05, 4.69) is 44.5 Å². The first-order valence-corrected chi connectivity index (χ1v) is 7.34. The van der Waals surface area contributed by atoms with Crippen LogP contribution in [0.15, 0.2) is 4.99 Å². The summed E-state index contributed by atoms with van der Waals surface area (Å²) in [5, 5.41) is 0. The zero-order valence-corrected chi connectivity index (χ0v) is 12.7. The van der Waals surface area contributed by atoms with Gasteiger partial charge in [0.15, 0.2) is 5.96 Å². The second-order valence-electron chi connectivity index (χ2n) is 7.55. The van der Waals surface area contributed by atoms with Crippen LogP contribution >= 0.6 is 0 Å². The molecule has 18 heavy (non-hydrogen) atoms. The lowest BCUT2D eigenvalue weighted by Gasteiger charge is -2.51. The van der Waals surface area contributed by atoms with Gasteiger partial charge in [-0.3, -0.25) is 4.99 Å². The van der Waals surface area contributed by atoms with Gasteiger partial charge in [0, 0.05) is 6.54 Å². The van der Waals surface area contributed by atoms with Gasteiger partial charge >= 0.3 is 0 Å². The van der Waals surface area contributed by atoms with Crippen LogP contribution in [0, 0.1) is 17.3 Å². The van der Waals surface area contributed by atoms with E-state index in [1.165, 1.54) is 19.3 Å². The molecule has 1 heterocycles. The largest absolute Gasteiger partial charge is 0.370 e. The fourth-order valence-corrected chi connectivity index (χ4v) is 3.82. The van der Waals surface area contributed by atoms with E-state index in [9.17, 15) is 0 Å². The molecule has 2 aliphatic rings. The van der Waals surface area contributed by atoms with E-state index < -0.39 is 0 Å². The predicted molar refractivity (Wildman–Crippen MR) is 77.6 cm³/mol. The molecule has 0 aromatic heterocycles. The monoisotopic (exact) mass is 251 g/mol. The summed E-state index contributed by atoms with van der Waals surface area (Å²) in [4.78, 5) is 6.98. The summed E-state index contributed by atoms with van der Waals surface area (Å²) in [5.74, 6) is 2.08. The average molecular weight is 251 g/mol. The minimum absolute atomic E-state index is 0.212. The SMILES string of the molecule is CC(C)CN1C(N)=NCC12CCC(C)(C)CC2C. The fourth-order valence-electron chi connectivity index (χ4n) is 3.82. The maximum absolute atomic E-state index is 6.14. The smallest absolute Gasteiger partial charge is 0.191 e. The summed E-state index contributed by atoms with van der Waals surface area (Å²) in [7, 11) is 0. The Bertz CT molecular complexity index is 346. The van der Waals surface area contributed by atoms with E-state index >= 15 is 0 Å². The Hall–Kier alpha value is -0.730. The molecule has 0 saturated heterocycles. The Kier molecular flexibility index (Phi) is 3.37. The van der Waals surface area contributed by atoms with Gasteiger partial charge in [-0.15, -0.1) is 0 Å². The Balaban J connectivity index is 2.20. The lowest BCUT2D eigenvalue weighted by Crippen LogP contribution is -2.59. The van der Waals surface area contributed by atoms with Crippen LogP contribution < -0.4 is 5.73 Å². The van der Waals surface area contributed by atoms with E-state index in [1.54, 1.807) is 0 Å². The van der Waals surface area contributed by atoms with Crippen molar-refractivity contribution in [3.63, 3.8) is 0 Å². The van der Waals surface area contributed by atoms with Gasteiger partial charge in [-0.25, -0.2) is 0 Å². The third-order valence-electron chi connectivity index (χ3n) is 4.89. The summed E-state index contributed by atoms with van der Waals surface area (Å²) in [6, 6.07) is 0. The average Bonchev–Trinajstić information content (AvgIpc) is 2.53. The highest BCUT2D eigenvalue weighted by atomic mass is 15.4. The van der Waals surface area contributed by atoms with Crippen molar-refractivity contribution in [2.75, 3.05) is 13.1 Å². The Morgan fingerprint density at radius 2 is 2.06 bits per heavy atom. The minimum Gasteiger partial charge on any atom is -0.370 e. The number of nitrogens with zero attached hydrogens (tertiary/aromatic N) is 2. The zero-order valence-electron chi connectivity index (χ0n) is 12.7. The van der Waals surface area contributed by atoms with Crippen molar-refractivity contribution in [1.82, 2.24) is 4.90 Å². The number of hydrogen-bond acceptors (Lipinski definition) is 3. The van der Waals surface area contributed by atoms with Gasteiger partial charge in [-0.2, -0.15) is 0 Å². The number of nitrogens with two attached hydrogens (primary N) is 1. The molecule has 1 aliphatic carbocycles. The lowest BCUT2D eigenvalue weighted by molar-refractivity contribution is 0.0235. The molecular formula is C15H29N3. The van der Waals surface area contributed by atoms with Crippen LogP contribution in [0.3, 0.4) is 0 Å². The number of hydrogen-bond donors (Lipinski definition) is 1. The Morgan fingerprint density at radius 3 is 2.61 bits per heavy atom. The van der Waals surface area contributed by atoms with Gasteiger partial charge in [-0.05, 0) is 36.5 Å². The Labute approximate surface area is 112 Å². The van der Waals surface area contributed by atoms with Crippen molar-refractivity contribution >= 4 is 5.96 Å². The normalized spacial score (nSPS) is 35.3. The molecule has 104 valence electrons. The molecule has 0 bridgehead atoms. The number of rotatable bonds is 2. The first kappa shape index (κ1) is 13.7. The van der Waals surface area contributed by atoms with E-state index in [-0.39, 0.29) is 5.54 Å². The lowest BCUT2D eigenvalue weighted by atomic mass is 9.63. The van der Waals surface area contributed by atoms with Gasteiger partial charge in [0.05, 0.1) is 12.1 Å². The van der Waals surface area contributed by atoms with Gasteiger partial charge < -0.3 is 10.6 Å². The number of aliphatic imine (C=N–C) groups is 1. The molecule has 2 N–H and O–H groups in total. The Morgan fingerprint density at radius 1 is 1.39 bits per heavy atom. The van der Waals surface area contributed by atoms with Crippen LogP contribution in [0.5, 0.6) is 0 Å². The highest BCUT2D eigenvalue weighted by Crippen LogP contribution is 2.48. The predicted octanol–water partition coefficient (Wildman–Crippen LogP) is 2.86. The van der Waals surface area contributed by atoms with Crippen LogP contribution in [0.1, 0.15) is 53.9 Å². The zero-order chi connectivity index (χ0) is 13.6. The van der Waals surface area contributed by atoms with Crippen molar-refractivity contribution in [1.29, 1.82) is 0 Å². The molecule has 0 aromatic rings. The maximum Gasteiger partial charge on any atom is 0.191 e. The van der Waals surface area contributed by atoms with Crippen LogP contribution in [0.2, 0.25) is 0 Å². The van der Waals surface area contributed by atoms with E-state index in [4.69, 9.17) is 5.73 Å². The van der Waals surface area contributed by atoms with E-state index in [0.29, 0.717) is 17.3 Å². The van der Waals surface area contributed by atoms with Gasteiger partial charge in [0.1, 0.15) is 0 Å². The van der Waals surface area contributed by atoms with Crippen LogP contribution in [-0.4, -0.2) is 29.5 Å². The maximum atomic E-state index is 6.14. The van der Waals surface area contributed by atoms with Crippen LogP contribution in [0.25, 0.3) is 0 Å². The van der Waals surface area contributed by atoms with Crippen molar-refractivity contribution in [2.45, 2.75) is 59.4 Å². The second kappa shape index (κ2) is 4.43. The van der Waals surface area contributed by atoms with Gasteiger partial charge in [-0.1, -0.05) is 34.6 Å². The molecule has 2 unspecified atom stereocenters. The quantitative estimate of drug-likeness (QED) is 0.820. The molecule has 0 amide bonds. The molecule has 2 atom stereocenters. The molecule has 3 heteroatoms. The summed E-state index contributed by atoms with van der Waals surface area (Å²) in [6.45, 7) is 13.6. The number of guanidine groups is 1. The highest BCUT2D eigenvalue weighted by molar-refractivity contribution is 5.81. The molecule has 0 radical (unpaired) electrons. The summed E-state index contributed by atoms with van der Waals surface area (Å²) in [6.07, 6.45) is 3.80. The summed E-state index contributed by atoms with van der Waals surface area (Å²) >= 11 is 0. The van der Waals surface area contributed by atoms with E-state index in [1.807, 2.05) is 0 Å². The van der Waals surface area contributed by atoms with Crippen molar-refractivity contribution in [3.05, 3.63) is 0 Å². The van der Waals surface area contributed by atoms with E-state index in [0.717, 1.165) is 19.0 Å². The topological polar surface area (TPSA) is 41.6 Å². The molecule has 1 saturated carbocycles. The minimum atomic E-state index is 0.212. The summed E-state index contributed by atoms with van der Waals surface area (Å²) < 4.78 is 0. The third kappa shape index (κ3) is 2.24. The third-order valence-corrected chi connectivity index (χ3v) is 4.89. The molecule has 1 aliphatic heterocycles. The van der Waals surface area contributed by atoms with Crippen molar-refractivity contribution in [3.8, 4) is 0 Å². The van der Waals surface area contributed by atoms with Crippen LogP contribution in [0.4, 0.5) is 0 Å². The molecule has 1 spiro atoms. The van der Waals surface area contributed by atoms with Gasteiger partial charge in [0.2, 0.25) is 0 Å². The van der Waals surface area contributed by atoms with Crippen LogP contribution in [-0.2, 0) is 0 Å². The first-order chi connectivity index (χ1) is 8.27. The standard InChI is InChI=1S/C15H29N3/c1-11(2)9-18-13(16)17-10-15(18)7-6-14(4,5)8-12(15)3/h11-12H,6-10H2,1-5H3,(H2,16,17). The molecule has 0 aromatic carbocycles. The molecule has 3 nitrogen and oxygen atoms in total. The summed E-state index contributed by atoms with van der Waals surface area (Å²) in [5.41, 5.74) is 6.83. The molecule has 2 rings (SSSR count). The fraction of sp³-hybridized carbons (Fsp3) is 0.933. The second-order valence-corrected chi connectivity index (χ2v) is 7.55. The highest BCUT2D eigenvalue weighted by Gasteiger charge is 2.50. The first-order valence-electron chi connectivity index (χ1n) is 7.34. The van der Waals surface area contributed by atoms with Gasteiger partial charge in [0.25, 0.3) is 0 Å². The van der Waals surface area contributed by atoms with Crippen molar-refractivity contribution < 1.29 is 0 Å². The molecule has 1 fully saturated rings. The molecular weight excluding hydrogens is 222 g/mol.